The van der Waals surface area contributed by atoms with Gasteiger partial charge in [-0.1, -0.05) is 19.1 Å². The van der Waals surface area contributed by atoms with Crippen molar-refractivity contribution in [3.63, 3.8) is 0 Å². The van der Waals surface area contributed by atoms with E-state index in [-0.39, 0.29) is 5.82 Å². The minimum Gasteiger partial charge on any atom is -0.497 e. The summed E-state index contributed by atoms with van der Waals surface area (Å²) in [7, 11) is 1.71. The van der Waals surface area contributed by atoms with Gasteiger partial charge in [0.15, 0.2) is 5.65 Å². The van der Waals surface area contributed by atoms with Crippen LogP contribution in [0.25, 0.3) is 16.7 Å². The summed E-state index contributed by atoms with van der Waals surface area (Å²) in [5, 5.41) is 5.77. The SMILES string of the molecule is CCCc1nc(N2CCCN(Cc3cccc(OC)c3)CC2)c2c(C)nn(-c3ccc(F)cc3)c2n1. The van der Waals surface area contributed by atoms with Gasteiger partial charge in [0.2, 0.25) is 0 Å². The van der Waals surface area contributed by atoms with Crippen LogP contribution in [-0.2, 0) is 13.0 Å². The number of halogens is 1. The number of aromatic nitrogens is 4. The Morgan fingerprint density at radius 2 is 1.83 bits per heavy atom. The molecule has 2 aromatic heterocycles. The minimum atomic E-state index is -0.267. The predicted octanol–water partition coefficient (Wildman–Crippen LogP) is 4.94. The van der Waals surface area contributed by atoms with E-state index in [9.17, 15) is 4.39 Å². The number of hydrogen-bond acceptors (Lipinski definition) is 6. The van der Waals surface area contributed by atoms with E-state index in [1.165, 1.54) is 17.7 Å². The van der Waals surface area contributed by atoms with E-state index in [4.69, 9.17) is 19.8 Å². The van der Waals surface area contributed by atoms with Crippen LogP contribution in [-0.4, -0.2) is 57.9 Å². The molecule has 36 heavy (non-hydrogen) atoms. The molecule has 1 aliphatic rings. The third-order valence-corrected chi connectivity index (χ3v) is 6.70. The molecule has 0 amide bonds. The predicted molar refractivity (Wildman–Crippen MR) is 140 cm³/mol. The second-order valence-electron chi connectivity index (χ2n) is 9.35. The number of methoxy groups -OCH3 is 1. The van der Waals surface area contributed by atoms with Crippen LogP contribution in [0.1, 0.15) is 36.8 Å². The summed E-state index contributed by atoms with van der Waals surface area (Å²) in [4.78, 5) is 14.8. The molecule has 4 aromatic rings. The Bertz CT molecular complexity index is 1340. The van der Waals surface area contributed by atoms with Crippen LogP contribution < -0.4 is 9.64 Å². The number of anilines is 1. The van der Waals surface area contributed by atoms with Gasteiger partial charge in [0.25, 0.3) is 0 Å². The van der Waals surface area contributed by atoms with Crippen LogP contribution in [0.4, 0.5) is 10.2 Å². The summed E-state index contributed by atoms with van der Waals surface area (Å²) in [5.41, 5.74) is 3.71. The Morgan fingerprint density at radius 1 is 1.00 bits per heavy atom. The van der Waals surface area contributed by atoms with Gasteiger partial charge < -0.3 is 9.64 Å². The molecule has 3 heterocycles. The van der Waals surface area contributed by atoms with Crippen molar-refractivity contribution < 1.29 is 9.13 Å². The van der Waals surface area contributed by atoms with Gasteiger partial charge in [0.05, 0.1) is 23.9 Å². The lowest BCUT2D eigenvalue weighted by molar-refractivity contribution is 0.285. The van der Waals surface area contributed by atoms with E-state index in [1.807, 2.05) is 23.7 Å². The highest BCUT2D eigenvalue weighted by molar-refractivity contribution is 5.91. The summed E-state index contributed by atoms with van der Waals surface area (Å²) in [5.74, 6) is 2.40. The van der Waals surface area contributed by atoms with Gasteiger partial charge in [0.1, 0.15) is 23.2 Å². The zero-order valence-corrected chi connectivity index (χ0v) is 21.2. The topological polar surface area (TPSA) is 59.3 Å². The largest absolute Gasteiger partial charge is 0.497 e. The zero-order chi connectivity index (χ0) is 25.1. The molecule has 0 radical (unpaired) electrons. The van der Waals surface area contributed by atoms with Crippen LogP contribution in [0.2, 0.25) is 0 Å². The Hall–Kier alpha value is -3.52. The van der Waals surface area contributed by atoms with Crippen molar-refractivity contribution in [2.75, 3.05) is 38.2 Å². The average Bonchev–Trinajstić information content (AvgIpc) is 3.05. The summed E-state index contributed by atoms with van der Waals surface area (Å²) < 4.78 is 20.8. The molecule has 2 aromatic carbocycles. The van der Waals surface area contributed by atoms with Gasteiger partial charge in [-0.3, -0.25) is 4.90 Å². The highest BCUT2D eigenvalue weighted by Crippen LogP contribution is 2.30. The number of aryl methyl sites for hydroxylation is 2. The molecular formula is C28H33FN6O. The van der Waals surface area contributed by atoms with Gasteiger partial charge in [-0.15, -0.1) is 0 Å². The van der Waals surface area contributed by atoms with Crippen molar-refractivity contribution in [2.45, 2.75) is 39.7 Å². The van der Waals surface area contributed by atoms with Gasteiger partial charge in [0, 0.05) is 39.1 Å². The number of benzene rings is 2. The molecule has 1 saturated heterocycles. The molecule has 0 bridgehead atoms. The van der Waals surface area contributed by atoms with E-state index < -0.39 is 0 Å². The summed E-state index contributed by atoms with van der Waals surface area (Å²) in [6.07, 6.45) is 2.80. The van der Waals surface area contributed by atoms with Crippen molar-refractivity contribution in [1.82, 2.24) is 24.6 Å². The molecule has 188 valence electrons. The molecule has 8 heteroatoms. The average molecular weight is 489 g/mol. The number of hydrogen-bond donors (Lipinski definition) is 0. The summed E-state index contributed by atoms with van der Waals surface area (Å²) in [6, 6.07) is 14.7. The second kappa shape index (κ2) is 10.6. The van der Waals surface area contributed by atoms with E-state index in [0.717, 1.165) is 91.8 Å². The van der Waals surface area contributed by atoms with E-state index in [0.29, 0.717) is 0 Å². The summed E-state index contributed by atoms with van der Waals surface area (Å²) >= 11 is 0. The van der Waals surface area contributed by atoms with Crippen molar-refractivity contribution in [3.8, 4) is 11.4 Å². The maximum absolute atomic E-state index is 13.6. The maximum atomic E-state index is 13.6. The van der Waals surface area contributed by atoms with Gasteiger partial charge in [-0.05, 0) is 61.7 Å². The first-order chi connectivity index (χ1) is 17.6. The molecule has 7 nitrogen and oxygen atoms in total. The monoisotopic (exact) mass is 488 g/mol. The fourth-order valence-corrected chi connectivity index (χ4v) is 4.90. The lowest BCUT2D eigenvalue weighted by Crippen LogP contribution is -2.31. The molecule has 0 atom stereocenters. The molecule has 0 unspecified atom stereocenters. The molecule has 0 aliphatic carbocycles. The summed E-state index contributed by atoms with van der Waals surface area (Å²) in [6.45, 7) is 8.80. The zero-order valence-electron chi connectivity index (χ0n) is 21.2. The molecule has 1 fully saturated rings. The van der Waals surface area contributed by atoms with Crippen molar-refractivity contribution in [3.05, 3.63) is 71.4 Å². The number of nitrogens with zero attached hydrogens (tertiary/aromatic N) is 6. The van der Waals surface area contributed by atoms with Crippen LogP contribution in [0.15, 0.2) is 48.5 Å². The number of fused-ring (bicyclic) bond motifs is 1. The van der Waals surface area contributed by atoms with Crippen LogP contribution in [0, 0.1) is 12.7 Å². The van der Waals surface area contributed by atoms with E-state index in [2.05, 4.69) is 28.9 Å². The van der Waals surface area contributed by atoms with Gasteiger partial charge >= 0.3 is 0 Å². The smallest absolute Gasteiger partial charge is 0.168 e. The Kier molecular flexibility index (Phi) is 7.13. The van der Waals surface area contributed by atoms with Crippen LogP contribution in [0.5, 0.6) is 5.75 Å². The highest BCUT2D eigenvalue weighted by Gasteiger charge is 2.23. The lowest BCUT2D eigenvalue weighted by Gasteiger charge is -2.24. The van der Waals surface area contributed by atoms with E-state index >= 15 is 0 Å². The highest BCUT2D eigenvalue weighted by atomic mass is 19.1. The van der Waals surface area contributed by atoms with Crippen LogP contribution >= 0.6 is 0 Å². The Morgan fingerprint density at radius 3 is 2.61 bits per heavy atom. The molecule has 5 rings (SSSR count). The lowest BCUT2D eigenvalue weighted by atomic mass is 10.2. The quantitative estimate of drug-likeness (QED) is 0.367. The first-order valence-electron chi connectivity index (χ1n) is 12.7. The number of ether oxygens (including phenoxy) is 1. The number of rotatable bonds is 7. The van der Waals surface area contributed by atoms with Gasteiger partial charge in [-0.2, -0.15) is 5.10 Å². The minimum absolute atomic E-state index is 0.267. The molecular weight excluding hydrogens is 455 g/mol. The molecule has 1 aliphatic heterocycles. The van der Waals surface area contributed by atoms with Crippen LogP contribution in [0.3, 0.4) is 0 Å². The Labute approximate surface area is 211 Å². The Balaban J connectivity index is 1.45. The first-order valence-corrected chi connectivity index (χ1v) is 12.7. The van der Waals surface area contributed by atoms with Gasteiger partial charge in [-0.25, -0.2) is 19.0 Å². The third-order valence-electron chi connectivity index (χ3n) is 6.70. The normalized spacial score (nSPS) is 14.8. The first kappa shape index (κ1) is 24.2. The molecule has 0 spiro atoms. The third kappa shape index (κ3) is 5.04. The van der Waals surface area contributed by atoms with Crippen molar-refractivity contribution >= 4 is 16.9 Å². The fourth-order valence-electron chi connectivity index (χ4n) is 4.90. The van der Waals surface area contributed by atoms with E-state index in [1.54, 1.807) is 19.2 Å². The standard InChI is InChI=1S/C28H33FN6O/c1-4-7-25-30-27(26-20(2)32-35(28(26)31-25)23-12-10-22(29)11-13-23)34-15-6-14-33(16-17-34)19-21-8-5-9-24(18-21)36-3/h5,8-13,18H,4,6-7,14-17,19H2,1-3H3. The molecule has 0 N–H and O–H groups in total. The maximum Gasteiger partial charge on any atom is 0.168 e. The van der Waals surface area contributed by atoms with Crippen molar-refractivity contribution in [2.24, 2.45) is 0 Å². The second-order valence-corrected chi connectivity index (χ2v) is 9.35. The fraction of sp³-hybridized carbons (Fsp3) is 0.393. The molecule has 0 saturated carbocycles. The van der Waals surface area contributed by atoms with Crippen molar-refractivity contribution in [1.29, 1.82) is 0 Å².